The molecular weight excluding hydrogens is 252 g/mol. The summed E-state index contributed by atoms with van der Waals surface area (Å²) in [5.41, 5.74) is 1.06. The van der Waals surface area contributed by atoms with Gasteiger partial charge in [0.05, 0.1) is 11.6 Å². The number of carboxylic acids is 1. The molecule has 0 aliphatic heterocycles. The zero-order valence-corrected chi connectivity index (χ0v) is 10.9. The Morgan fingerprint density at radius 2 is 2.22 bits per heavy atom. The molecule has 2 rings (SSSR count). The highest BCUT2D eigenvalue weighted by Crippen LogP contribution is 2.32. The second-order valence-electron chi connectivity index (χ2n) is 4.77. The van der Waals surface area contributed by atoms with Gasteiger partial charge in [-0.2, -0.15) is 0 Å². The lowest BCUT2D eigenvalue weighted by atomic mass is 10.1. The van der Waals surface area contributed by atoms with Crippen LogP contribution in [0.3, 0.4) is 0 Å². The minimum Gasteiger partial charge on any atom is -0.492 e. The zero-order valence-electron chi connectivity index (χ0n) is 10.2. The van der Waals surface area contributed by atoms with Crippen molar-refractivity contribution in [1.82, 2.24) is 0 Å². The maximum atomic E-state index is 10.4. The molecule has 1 N–H and O–H groups in total. The topological polar surface area (TPSA) is 46.5 Å². The predicted octanol–water partition coefficient (Wildman–Crippen LogP) is 3.54. The van der Waals surface area contributed by atoms with E-state index in [4.69, 9.17) is 21.4 Å². The van der Waals surface area contributed by atoms with Crippen LogP contribution >= 0.6 is 11.6 Å². The molecule has 0 radical (unpaired) electrons. The van der Waals surface area contributed by atoms with Crippen molar-refractivity contribution in [3.8, 4) is 5.75 Å². The molecule has 0 saturated heterocycles. The first-order valence-electron chi connectivity index (χ1n) is 6.28. The molecule has 3 nitrogen and oxygen atoms in total. The third kappa shape index (κ3) is 4.22. The van der Waals surface area contributed by atoms with Crippen LogP contribution < -0.4 is 4.74 Å². The van der Waals surface area contributed by atoms with Gasteiger partial charge in [0.15, 0.2) is 0 Å². The van der Waals surface area contributed by atoms with E-state index in [0.717, 1.165) is 24.3 Å². The number of hydrogen-bond acceptors (Lipinski definition) is 2. The Bertz CT molecular complexity index is 427. The van der Waals surface area contributed by atoms with Gasteiger partial charge in [0.1, 0.15) is 5.75 Å². The lowest BCUT2D eigenvalue weighted by molar-refractivity contribution is -0.137. The molecule has 0 bridgehead atoms. The van der Waals surface area contributed by atoms with Gasteiger partial charge in [0.25, 0.3) is 0 Å². The second-order valence-corrected chi connectivity index (χ2v) is 5.17. The van der Waals surface area contributed by atoms with Gasteiger partial charge in [-0.05, 0) is 49.3 Å². The van der Waals surface area contributed by atoms with E-state index in [2.05, 4.69) is 0 Å². The van der Waals surface area contributed by atoms with Crippen molar-refractivity contribution >= 4 is 17.6 Å². The number of halogens is 1. The molecule has 0 aromatic heterocycles. The van der Waals surface area contributed by atoms with Crippen molar-refractivity contribution in [3.05, 3.63) is 28.8 Å². The molecule has 1 aliphatic rings. The number of aryl methyl sites for hydroxylation is 1. The van der Waals surface area contributed by atoms with E-state index in [0.29, 0.717) is 17.4 Å². The molecule has 1 saturated carbocycles. The maximum Gasteiger partial charge on any atom is 0.303 e. The largest absolute Gasteiger partial charge is 0.492 e. The van der Waals surface area contributed by atoms with Crippen molar-refractivity contribution in [1.29, 1.82) is 0 Å². The van der Waals surface area contributed by atoms with E-state index < -0.39 is 5.97 Å². The molecule has 1 aromatic rings. The smallest absolute Gasteiger partial charge is 0.303 e. The number of aliphatic carboxylic acids is 1. The van der Waals surface area contributed by atoms with Crippen LogP contribution in [0.25, 0.3) is 0 Å². The third-order valence-corrected chi connectivity index (χ3v) is 3.32. The van der Waals surface area contributed by atoms with Gasteiger partial charge in [0.2, 0.25) is 0 Å². The van der Waals surface area contributed by atoms with Gasteiger partial charge >= 0.3 is 5.97 Å². The first-order valence-corrected chi connectivity index (χ1v) is 6.66. The van der Waals surface area contributed by atoms with Gasteiger partial charge in [0, 0.05) is 6.42 Å². The van der Waals surface area contributed by atoms with Crippen LogP contribution in [-0.2, 0) is 11.2 Å². The lowest BCUT2D eigenvalue weighted by Gasteiger charge is -2.08. The number of carbonyl (C=O) groups is 1. The first kappa shape index (κ1) is 13.2. The second kappa shape index (κ2) is 6.10. The van der Waals surface area contributed by atoms with E-state index in [9.17, 15) is 4.79 Å². The van der Waals surface area contributed by atoms with Crippen LogP contribution in [0.1, 0.15) is 31.2 Å². The average molecular weight is 269 g/mol. The SMILES string of the molecule is O=C(O)CCCc1ccc(OCC2CC2)c(Cl)c1. The van der Waals surface area contributed by atoms with Crippen molar-refractivity contribution in [2.24, 2.45) is 5.92 Å². The maximum absolute atomic E-state index is 10.4. The quantitative estimate of drug-likeness (QED) is 0.823. The molecule has 4 heteroatoms. The highest BCUT2D eigenvalue weighted by molar-refractivity contribution is 6.32. The number of rotatable bonds is 7. The molecule has 18 heavy (non-hydrogen) atoms. The molecule has 1 aliphatic carbocycles. The summed E-state index contributed by atoms with van der Waals surface area (Å²) in [4.78, 5) is 10.4. The number of carboxylic acid groups (broad SMARTS) is 1. The van der Waals surface area contributed by atoms with Crippen LogP contribution in [0.2, 0.25) is 5.02 Å². The number of hydrogen-bond donors (Lipinski definition) is 1. The summed E-state index contributed by atoms with van der Waals surface area (Å²) >= 11 is 6.13. The summed E-state index contributed by atoms with van der Waals surface area (Å²) in [6.45, 7) is 0.748. The molecule has 0 amide bonds. The Kier molecular flexibility index (Phi) is 4.48. The van der Waals surface area contributed by atoms with Crippen LogP contribution in [0.15, 0.2) is 18.2 Å². The number of ether oxygens (including phenoxy) is 1. The highest BCUT2D eigenvalue weighted by Gasteiger charge is 2.22. The van der Waals surface area contributed by atoms with Gasteiger partial charge in [-0.1, -0.05) is 17.7 Å². The van der Waals surface area contributed by atoms with Gasteiger partial charge in [-0.3, -0.25) is 4.79 Å². The van der Waals surface area contributed by atoms with Crippen LogP contribution in [0, 0.1) is 5.92 Å². The molecule has 1 fully saturated rings. The fourth-order valence-electron chi connectivity index (χ4n) is 1.75. The molecule has 98 valence electrons. The fraction of sp³-hybridized carbons (Fsp3) is 0.500. The van der Waals surface area contributed by atoms with Crippen LogP contribution in [-0.4, -0.2) is 17.7 Å². The van der Waals surface area contributed by atoms with Crippen molar-refractivity contribution in [2.45, 2.75) is 32.1 Å². The zero-order chi connectivity index (χ0) is 13.0. The minimum absolute atomic E-state index is 0.192. The molecule has 0 unspecified atom stereocenters. The average Bonchev–Trinajstić information content (AvgIpc) is 3.11. The molecule has 1 aromatic carbocycles. The molecular formula is C14H17ClO3. The van der Waals surface area contributed by atoms with Crippen molar-refractivity contribution < 1.29 is 14.6 Å². The van der Waals surface area contributed by atoms with E-state index in [1.807, 2.05) is 18.2 Å². The van der Waals surface area contributed by atoms with E-state index >= 15 is 0 Å². The Hall–Kier alpha value is -1.22. The Morgan fingerprint density at radius 1 is 1.44 bits per heavy atom. The summed E-state index contributed by atoms with van der Waals surface area (Å²) in [7, 11) is 0. The van der Waals surface area contributed by atoms with Crippen LogP contribution in [0.5, 0.6) is 5.75 Å². The summed E-state index contributed by atoms with van der Waals surface area (Å²) in [5, 5.41) is 9.19. The summed E-state index contributed by atoms with van der Waals surface area (Å²) in [6.07, 6.45) is 4.07. The van der Waals surface area contributed by atoms with Gasteiger partial charge < -0.3 is 9.84 Å². The first-order chi connectivity index (χ1) is 8.65. The van der Waals surface area contributed by atoms with Crippen LogP contribution in [0.4, 0.5) is 0 Å². The predicted molar refractivity (Wildman–Crippen MR) is 70.2 cm³/mol. The highest BCUT2D eigenvalue weighted by atomic mass is 35.5. The monoisotopic (exact) mass is 268 g/mol. The Morgan fingerprint density at radius 3 is 2.83 bits per heavy atom. The Labute approximate surface area is 112 Å². The molecule has 0 heterocycles. The summed E-state index contributed by atoms with van der Waals surface area (Å²) < 4.78 is 5.63. The minimum atomic E-state index is -0.759. The summed E-state index contributed by atoms with van der Waals surface area (Å²) in [5.74, 6) is 0.673. The third-order valence-electron chi connectivity index (χ3n) is 3.02. The summed E-state index contributed by atoms with van der Waals surface area (Å²) in [6, 6.07) is 5.70. The van der Waals surface area contributed by atoms with Crippen molar-refractivity contribution in [3.63, 3.8) is 0 Å². The number of benzene rings is 1. The van der Waals surface area contributed by atoms with Gasteiger partial charge in [-0.15, -0.1) is 0 Å². The fourth-order valence-corrected chi connectivity index (χ4v) is 2.01. The lowest BCUT2D eigenvalue weighted by Crippen LogP contribution is -2.00. The van der Waals surface area contributed by atoms with E-state index in [1.165, 1.54) is 12.8 Å². The normalized spacial score (nSPS) is 14.5. The molecule has 0 spiro atoms. The Balaban J connectivity index is 1.85. The van der Waals surface area contributed by atoms with E-state index in [1.54, 1.807) is 0 Å². The van der Waals surface area contributed by atoms with Gasteiger partial charge in [-0.25, -0.2) is 0 Å². The molecule has 0 atom stereocenters. The van der Waals surface area contributed by atoms with E-state index in [-0.39, 0.29) is 6.42 Å². The standard InChI is InChI=1S/C14H17ClO3/c15-12-8-10(2-1-3-14(16)17)6-7-13(12)18-9-11-4-5-11/h6-8,11H,1-5,9H2,(H,16,17). The van der Waals surface area contributed by atoms with Crippen molar-refractivity contribution in [2.75, 3.05) is 6.61 Å².